The van der Waals surface area contributed by atoms with E-state index in [1.165, 1.54) is 24.1 Å². The summed E-state index contributed by atoms with van der Waals surface area (Å²) in [6.45, 7) is 2.15. The van der Waals surface area contributed by atoms with Gasteiger partial charge in [-0.25, -0.2) is 4.39 Å². The van der Waals surface area contributed by atoms with Crippen LogP contribution in [0.4, 0.5) is 4.39 Å². The van der Waals surface area contributed by atoms with Gasteiger partial charge < -0.3 is 24.0 Å². The van der Waals surface area contributed by atoms with Crippen molar-refractivity contribution in [1.29, 1.82) is 0 Å². The molecule has 0 aliphatic carbocycles. The summed E-state index contributed by atoms with van der Waals surface area (Å²) in [4.78, 5) is 29.7. The second-order valence-corrected chi connectivity index (χ2v) is 7.55. The molecule has 31 heavy (non-hydrogen) atoms. The first kappa shape index (κ1) is 21.1. The molecular weight excluding hydrogens is 403 g/mol. The SMILES string of the molecule is COc1ccc(C(=O)N2C[C@@H](Oc3ccccc3)C[C@H]2C(=O)N2CCOCC2)cc1F. The van der Waals surface area contributed by atoms with Crippen molar-refractivity contribution in [3.63, 3.8) is 0 Å². The summed E-state index contributed by atoms with van der Waals surface area (Å²) in [7, 11) is 1.36. The third kappa shape index (κ3) is 4.64. The van der Waals surface area contributed by atoms with Crippen LogP contribution in [0.3, 0.4) is 0 Å². The molecule has 0 spiro atoms. The molecule has 0 unspecified atom stereocenters. The Bertz CT molecular complexity index is 933. The minimum absolute atomic E-state index is 0.0594. The average molecular weight is 428 g/mol. The highest BCUT2D eigenvalue weighted by Gasteiger charge is 2.43. The van der Waals surface area contributed by atoms with Crippen LogP contribution in [0.15, 0.2) is 48.5 Å². The molecule has 2 heterocycles. The van der Waals surface area contributed by atoms with Crippen molar-refractivity contribution in [3.05, 3.63) is 59.9 Å². The number of methoxy groups -OCH3 is 1. The number of ether oxygens (including phenoxy) is 3. The summed E-state index contributed by atoms with van der Waals surface area (Å²) in [5.41, 5.74) is 0.165. The molecule has 2 aromatic carbocycles. The summed E-state index contributed by atoms with van der Waals surface area (Å²) >= 11 is 0. The van der Waals surface area contributed by atoms with Gasteiger partial charge in [0.1, 0.15) is 17.9 Å². The molecule has 4 rings (SSSR count). The highest BCUT2D eigenvalue weighted by Crippen LogP contribution is 2.27. The Kier molecular flexibility index (Phi) is 6.36. The van der Waals surface area contributed by atoms with E-state index in [2.05, 4.69) is 0 Å². The van der Waals surface area contributed by atoms with Crippen LogP contribution < -0.4 is 9.47 Å². The first-order valence-electron chi connectivity index (χ1n) is 10.3. The zero-order chi connectivity index (χ0) is 21.8. The van der Waals surface area contributed by atoms with Gasteiger partial charge in [-0.05, 0) is 30.3 Å². The Labute approximate surface area is 180 Å². The van der Waals surface area contributed by atoms with Crippen molar-refractivity contribution >= 4 is 11.8 Å². The minimum atomic E-state index is -0.676. The van der Waals surface area contributed by atoms with E-state index < -0.39 is 17.8 Å². The zero-order valence-electron chi connectivity index (χ0n) is 17.3. The van der Waals surface area contributed by atoms with Gasteiger partial charge in [-0.3, -0.25) is 9.59 Å². The maximum Gasteiger partial charge on any atom is 0.254 e. The van der Waals surface area contributed by atoms with E-state index in [4.69, 9.17) is 14.2 Å². The summed E-state index contributed by atoms with van der Waals surface area (Å²) in [5.74, 6) is -0.433. The molecule has 0 saturated carbocycles. The number of morpholine rings is 1. The number of para-hydroxylation sites is 1. The Hall–Kier alpha value is -3.13. The van der Waals surface area contributed by atoms with E-state index in [-0.39, 0.29) is 29.9 Å². The van der Waals surface area contributed by atoms with Crippen LogP contribution in [0, 0.1) is 5.82 Å². The average Bonchev–Trinajstić information content (AvgIpc) is 3.23. The van der Waals surface area contributed by atoms with Gasteiger partial charge in [0.2, 0.25) is 5.91 Å². The van der Waals surface area contributed by atoms with Crippen LogP contribution >= 0.6 is 0 Å². The normalized spacial score (nSPS) is 21.1. The fourth-order valence-corrected chi connectivity index (χ4v) is 3.99. The number of carbonyl (C=O) groups excluding carboxylic acids is 2. The van der Waals surface area contributed by atoms with Gasteiger partial charge in [-0.2, -0.15) is 0 Å². The molecule has 0 aromatic heterocycles. The molecular formula is C23H25FN2O5. The van der Waals surface area contributed by atoms with E-state index in [9.17, 15) is 14.0 Å². The Morgan fingerprint density at radius 3 is 2.52 bits per heavy atom. The number of benzene rings is 2. The van der Waals surface area contributed by atoms with E-state index in [0.29, 0.717) is 38.5 Å². The van der Waals surface area contributed by atoms with Crippen molar-refractivity contribution in [3.8, 4) is 11.5 Å². The Morgan fingerprint density at radius 2 is 1.84 bits per heavy atom. The lowest BCUT2D eigenvalue weighted by Gasteiger charge is -2.32. The number of rotatable bonds is 5. The molecule has 8 heteroatoms. The highest BCUT2D eigenvalue weighted by atomic mass is 19.1. The maximum atomic E-state index is 14.2. The molecule has 0 bridgehead atoms. The van der Waals surface area contributed by atoms with Gasteiger partial charge in [0.05, 0.1) is 26.9 Å². The third-order valence-electron chi connectivity index (χ3n) is 5.58. The van der Waals surface area contributed by atoms with Gasteiger partial charge in [-0.15, -0.1) is 0 Å². The lowest BCUT2D eigenvalue weighted by Crippen LogP contribution is -2.51. The molecule has 2 amide bonds. The smallest absolute Gasteiger partial charge is 0.254 e. The monoisotopic (exact) mass is 428 g/mol. The van der Waals surface area contributed by atoms with Crippen molar-refractivity contribution in [2.75, 3.05) is 40.0 Å². The Balaban J connectivity index is 1.57. The molecule has 2 aromatic rings. The van der Waals surface area contributed by atoms with Crippen LogP contribution in [0.1, 0.15) is 16.8 Å². The number of amides is 2. The van der Waals surface area contributed by atoms with Gasteiger partial charge in [0.25, 0.3) is 5.91 Å². The lowest BCUT2D eigenvalue weighted by atomic mass is 10.1. The maximum absolute atomic E-state index is 14.2. The molecule has 2 aliphatic rings. The highest BCUT2D eigenvalue weighted by molar-refractivity contribution is 5.98. The third-order valence-corrected chi connectivity index (χ3v) is 5.58. The Morgan fingerprint density at radius 1 is 1.10 bits per heavy atom. The van der Waals surface area contributed by atoms with E-state index in [1.807, 2.05) is 30.3 Å². The molecule has 2 fully saturated rings. The van der Waals surface area contributed by atoms with E-state index >= 15 is 0 Å². The first-order chi connectivity index (χ1) is 15.1. The first-order valence-corrected chi connectivity index (χ1v) is 10.3. The van der Waals surface area contributed by atoms with Gasteiger partial charge >= 0.3 is 0 Å². The van der Waals surface area contributed by atoms with Crippen molar-refractivity contribution in [2.24, 2.45) is 0 Å². The number of carbonyl (C=O) groups is 2. The van der Waals surface area contributed by atoms with Crippen LogP contribution in [-0.2, 0) is 9.53 Å². The van der Waals surface area contributed by atoms with Crippen molar-refractivity contribution in [1.82, 2.24) is 9.80 Å². The fraction of sp³-hybridized carbons (Fsp3) is 0.391. The van der Waals surface area contributed by atoms with Crippen LogP contribution in [0.25, 0.3) is 0 Å². The molecule has 2 saturated heterocycles. The molecule has 0 N–H and O–H groups in total. The predicted molar refractivity (Wildman–Crippen MR) is 111 cm³/mol. The standard InChI is InChI=1S/C23H25FN2O5/c1-29-21-8-7-16(13-19(21)24)22(27)26-15-18(31-17-5-3-2-4-6-17)14-20(26)23(28)25-9-11-30-12-10-25/h2-8,13,18,20H,9-12,14-15H2,1H3/t18-,20-/m0/s1. The number of halogens is 1. The number of nitrogens with zero attached hydrogens (tertiary/aromatic N) is 2. The molecule has 7 nitrogen and oxygen atoms in total. The summed E-state index contributed by atoms with van der Waals surface area (Å²) in [5, 5.41) is 0. The summed E-state index contributed by atoms with van der Waals surface area (Å²) < 4.78 is 30.5. The summed E-state index contributed by atoms with van der Waals surface area (Å²) in [6.07, 6.45) is 0.0274. The second-order valence-electron chi connectivity index (χ2n) is 7.55. The predicted octanol–water partition coefficient (Wildman–Crippen LogP) is 2.36. The quantitative estimate of drug-likeness (QED) is 0.732. The second kappa shape index (κ2) is 9.34. The number of hydrogen-bond acceptors (Lipinski definition) is 5. The topological polar surface area (TPSA) is 68.3 Å². The van der Waals surface area contributed by atoms with Gasteiger partial charge in [-0.1, -0.05) is 18.2 Å². The lowest BCUT2D eigenvalue weighted by molar-refractivity contribution is -0.139. The van der Waals surface area contributed by atoms with Crippen LogP contribution in [0.2, 0.25) is 0 Å². The minimum Gasteiger partial charge on any atom is -0.494 e. The fourth-order valence-electron chi connectivity index (χ4n) is 3.99. The van der Waals surface area contributed by atoms with Gasteiger partial charge in [0, 0.05) is 25.1 Å². The van der Waals surface area contributed by atoms with Crippen molar-refractivity contribution < 1.29 is 28.2 Å². The van der Waals surface area contributed by atoms with Crippen molar-refractivity contribution in [2.45, 2.75) is 18.6 Å². The zero-order valence-corrected chi connectivity index (χ0v) is 17.3. The summed E-state index contributed by atoms with van der Waals surface area (Å²) in [6, 6.07) is 12.7. The molecule has 2 atom stereocenters. The van der Waals surface area contributed by atoms with Crippen LogP contribution in [0.5, 0.6) is 11.5 Å². The largest absolute Gasteiger partial charge is 0.494 e. The van der Waals surface area contributed by atoms with E-state index in [0.717, 1.165) is 6.07 Å². The molecule has 2 aliphatic heterocycles. The number of likely N-dealkylation sites (tertiary alicyclic amines) is 1. The number of hydrogen-bond donors (Lipinski definition) is 0. The van der Waals surface area contributed by atoms with Gasteiger partial charge in [0.15, 0.2) is 11.6 Å². The molecule has 164 valence electrons. The van der Waals surface area contributed by atoms with E-state index in [1.54, 1.807) is 4.90 Å². The molecule has 0 radical (unpaired) electrons. The van der Waals surface area contributed by atoms with Crippen LogP contribution in [-0.4, -0.2) is 73.7 Å².